The Kier molecular flexibility index (Phi) is 10.5. The van der Waals surface area contributed by atoms with Gasteiger partial charge < -0.3 is 5.32 Å². The number of nitrogens with one attached hydrogen (secondary N) is 1. The highest BCUT2D eigenvalue weighted by Crippen LogP contribution is 2.33. The zero-order valence-electron chi connectivity index (χ0n) is 12.1. The lowest BCUT2D eigenvalue weighted by molar-refractivity contribution is 0.128. The molecule has 1 unspecified atom stereocenters. The molecule has 116 valence electrons. The molecule has 1 saturated heterocycles. The molecule has 1 N–H and O–H groups in total. The van der Waals surface area contributed by atoms with Gasteiger partial charge in [0.2, 0.25) is 0 Å². The quantitative estimate of drug-likeness (QED) is 0.722. The highest BCUT2D eigenvalue weighted by atomic mass is 127. The van der Waals surface area contributed by atoms with Crippen molar-refractivity contribution < 1.29 is 0 Å². The van der Waals surface area contributed by atoms with Crippen LogP contribution >= 0.6 is 47.4 Å². The van der Waals surface area contributed by atoms with Gasteiger partial charge in [-0.05, 0) is 40.1 Å². The van der Waals surface area contributed by atoms with Crippen molar-refractivity contribution in [1.29, 1.82) is 0 Å². The molecule has 0 bridgehead atoms. The lowest BCUT2D eigenvalue weighted by atomic mass is 9.90. The molecule has 1 heterocycles. The van der Waals surface area contributed by atoms with Gasteiger partial charge in [0.15, 0.2) is 0 Å². The van der Waals surface area contributed by atoms with Crippen molar-refractivity contribution in [3.63, 3.8) is 0 Å². The van der Waals surface area contributed by atoms with Crippen molar-refractivity contribution in [3.05, 3.63) is 33.4 Å². The second kappa shape index (κ2) is 10.2. The van der Waals surface area contributed by atoms with Gasteiger partial charge in [-0.2, -0.15) is 0 Å². The molecule has 0 amide bonds. The Bertz CT molecular complexity index is 384. The fourth-order valence-electron chi connectivity index (χ4n) is 2.76. The number of nitrogens with zero attached hydrogens (tertiary/aromatic N) is 1. The normalized spacial score (nSPS) is 18.6. The molecule has 0 spiro atoms. The average Bonchev–Trinajstić information content (AvgIpc) is 2.42. The summed E-state index contributed by atoms with van der Waals surface area (Å²) in [6, 6.07) is 9.42. The predicted molar refractivity (Wildman–Crippen MR) is 100 cm³/mol. The third-order valence-electron chi connectivity index (χ3n) is 3.95. The van der Waals surface area contributed by atoms with E-state index in [0.717, 1.165) is 13.1 Å². The van der Waals surface area contributed by atoms with Crippen LogP contribution in [0.15, 0.2) is 24.3 Å². The van der Waals surface area contributed by atoms with Crippen LogP contribution in [0.2, 0.25) is 0 Å². The van der Waals surface area contributed by atoms with Gasteiger partial charge in [0.05, 0.1) is 0 Å². The van der Waals surface area contributed by atoms with Gasteiger partial charge in [0.25, 0.3) is 0 Å². The van der Waals surface area contributed by atoms with Crippen molar-refractivity contribution in [1.82, 2.24) is 10.2 Å². The zero-order chi connectivity index (χ0) is 13.0. The minimum Gasteiger partial charge on any atom is -0.314 e. The SMILES string of the molecule is CCC(C)[C@@H](c1ccccc1I)N1CCNCC1.Cl.Cl. The molecule has 1 aromatic rings. The van der Waals surface area contributed by atoms with E-state index in [4.69, 9.17) is 0 Å². The first kappa shape index (κ1) is 20.5. The van der Waals surface area contributed by atoms with Crippen molar-refractivity contribution in [2.75, 3.05) is 26.2 Å². The topological polar surface area (TPSA) is 15.3 Å². The van der Waals surface area contributed by atoms with Gasteiger partial charge in [0.1, 0.15) is 0 Å². The van der Waals surface area contributed by atoms with Crippen LogP contribution in [0.25, 0.3) is 0 Å². The van der Waals surface area contributed by atoms with Crippen molar-refractivity contribution >= 4 is 47.4 Å². The second-order valence-electron chi connectivity index (χ2n) is 5.14. The largest absolute Gasteiger partial charge is 0.314 e. The molecular formula is C15H25Cl2IN2. The maximum Gasteiger partial charge on any atom is 0.0385 e. The van der Waals surface area contributed by atoms with Gasteiger partial charge in [-0.25, -0.2) is 0 Å². The molecular weight excluding hydrogens is 406 g/mol. The molecule has 0 saturated carbocycles. The van der Waals surface area contributed by atoms with Crippen LogP contribution in [0, 0.1) is 9.49 Å². The van der Waals surface area contributed by atoms with E-state index in [1.165, 1.54) is 28.6 Å². The lowest BCUT2D eigenvalue weighted by Gasteiger charge is -2.38. The lowest BCUT2D eigenvalue weighted by Crippen LogP contribution is -2.46. The molecule has 2 rings (SSSR count). The monoisotopic (exact) mass is 430 g/mol. The summed E-state index contributed by atoms with van der Waals surface area (Å²) in [5, 5.41) is 3.45. The Morgan fingerprint density at radius 2 is 1.80 bits per heavy atom. The minimum absolute atomic E-state index is 0. The smallest absolute Gasteiger partial charge is 0.0385 e. The molecule has 0 aromatic heterocycles. The summed E-state index contributed by atoms with van der Waals surface area (Å²) in [4.78, 5) is 2.65. The molecule has 0 aliphatic carbocycles. The molecule has 1 fully saturated rings. The Balaban J connectivity index is 0.00000180. The zero-order valence-corrected chi connectivity index (χ0v) is 15.9. The number of rotatable bonds is 4. The Hall–Kier alpha value is 0.450. The van der Waals surface area contributed by atoms with Crippen LogP contribution in [0.1, 0.15) is 31.9 Å². The van der Waals surface area contributed by atoms with Crippen LogP contribution < -0.4 is 5.32 Å². The second-order valence-corrected chi connectivity index (χ2v) is 6.30. The molecule has 20 heavy (non-hydrogen) atoms. The van der Waals surface area contributed by atoms with E-state index in [-0.39, 0.29) is 24.8 Å². The van der Waals surface area contributed by atoms with E-state index in [1.54, 1.807) is 0 Å². The van der Waals surface area contributed by atoms with E-state index in [1.807, 2.05) is 0 Å². The minimum atomic E-state index is 0. The van der Waals surface area contributed by atoms with Crippen molar-refractivity contribution in [2.45, 2.75) is 26.3 Å². The summed E-state index contributed by atoms with van der Waals surface area (Å²) in [5.74, 6) is 0.707. The van der Waals surface area contributed by atoms with E-state index >= 15 is 0 Å². The number of piperazine rings is 1. The summed E-state index contributed by atoms with van der Waals surface area (Å²) in [6.45, 7) is 9.26. The third kappa shape index (κ3) is 5.02. The van der Waals surface area contributed by atoms with E-state index < -0.39 is 0 Å². The molecule has 2 nitrogen and oxygen atoms in total. The van der Waals surface area contributed by atoms with Crippen LogP contribution in [-0.4, -0.2) is 31.1 Å². The van der Waals surface area contributed by atoms with Crippen LogP contribution in [0.5, 0.6) is 0 Å². The number of benzene rings is 1. The fraction of sp³-hybridized carbons (Fsp3) is 0.600. The summed E-state index contributed by atoms with van der Waals surface area (Å²) in [5.41, 5.74) is 1.51. The van der Waals surface area contributed by atoms with Gasteiger partial charge in [-0.1, -0.05) is 38.5 Å². The molecule has 0 radical (unpaired) electrons. The van der Waals surface area contributed by atoms with Gasteiger partial charge in [-0.15, -0.1) is 24.8 Å². The molecule has 1 aliphatic rings. The molecule has 1 aliphatic heterocycles. The van der Waals surface area contributed by atoms with E-state index in [9.17, 15) is 0 Å². The summed E-state index contributed by atoms with van der Waals surface area (Å²) < 4.78 is 1.40. The van der Waals surface area contributed by atoms with Crippen LogP contribution in [0.3, 0.4) is 0 Å². The average molecular weight is 431 g/mol. The van der Waals surface area contributed by atoms with Crippen molar-refractivity contribution in [2.24, 2.45) is 5.92 Å². The Morgan fingerprint density at radius 3 is 2.35 bits per heavy atom. The molecule has 5 heteroatoms. The standard InChI is InChI=1S/C15H23IN2.2ClH/c1-3-12(2)15(18-10-8-17-9-11-18)13-6-4-5-7-14(13)16;;/h4-7,12,15,17H,3,8-11H2,1-2H3;2*1H/t12?,15-;;/m0../s1. The number of hydrogen-bond acceptors (Lipinski definition) is 2. The first-order valence-electron chi connectivity index (χ1n) is 6.93. The van der Waals surface area contributed by atoms with Gasteiger partial charge in [0, 0.05) is 35.8 Å². The predicted octanol–water partition coefficient (Wildman–Crippen LogP) is 4.13. The molecule has 2 atom stereocenters. The highest BCUT2D eigenvalue weighted by molar-refractivity contribution is 14.1. The van der Waals surface area contributed by atoms with E-state index in [2.05, 4.69) is 70.9 Å². The summed E-state index contributed by atoms with van der Waals surface area (Å²) >= 11 is 2.48. The maximum absolute atomic E-state index is 3.45. The first-order valence-corrected chi connectivity index (χ1v) is 8.01. The summed E-state index contributed by atoms with van der Waals surface area (Å²) in [6.07, 6.45) is 1.24. The fourth-order valence-corrected chi connectivity index (χ4v) is 3.47. The maximum atomic E-state index is 3.45. The number of hydrogen-bond donors (Lipinski definition) is 1. The van der Waals surface area contributed by atoms with Crippen molar-refractivity contribution in [3.8, 4) is 0 Å². The van der Waals surface area contributed by atoms with Crippen LogP contribution in [0.4, 0.5) is 0 Å². The van der Waals surface area contributed by atoms with E-state index in [0.29, 0.717) is 12.0 Å². The first-order chi connectivity index (χ1) is 8.74. The van der Waals surface area contributed by atoms with Gasteiger partial charge >= 0.3 is 0 Å². The number of halogens is 3. The third-order valence-corrected chi connectivity index (χ3v) is 4.93. The Labute approximate surface area is 149 Å². The molecule has 1 aromatic carbocycles. The van der Waals surface area contributed by atoms with Crippen LogP contribution in [-0.2, 0) is 0 Å². The highest BCUT2D eigenvalue weighted by Gasteiger charge is 2.27. The Morgan fingerprint density at radius 1 is 1.20 bits per heavy atom. The summed E-state index contributed by atoms with van der Waals surface area (Å²) in [7, 11) is 0. The van der Waals surface area contributed by atoms with Gasteiger partial charge in [-0.3, -0.25) is 4.90 Å².